The van der Waals surface area contributed by atoms with Gasteiger partial charge in [-0.2, -0.15) is 0 Å². The van der Waals surface area contributed by atoms with Crippen molar-refractivity contribution in [2.24, 2.45) is 5.92 Å². The van der Waals surface area contributed by atoms with Crippen LogP contribution < -0.4 is 10.9 Å². The summed E-state index contributed by atoms with van der Waals surface area (Å²) in [7, 11) is 0. The zero-order valence-corrected chi connectivity index (χ0v) is 16.4. The maximum Gasteiger partial charge on any atom is 0.321 e. The van der Waals surface area contributed by atoms with Gasteiger partial charge in [-0.05, 0) is 42.2 Å². The summed E-state index contributed by atoms with van der Waals surface area (Å²) in [5, 5.41) is 2.80. The fourth-order valence-electron chi connectivity index (χ4n) is 4.81. The van der Waals surface area contributed by atoms with Crippen LogP contribution in [0.5, 0.6) is 0 Å². The van der Waals surface area contributed by atoms with Gasteiger partial charge < -0.3 is 14.8 Å². The number of anilines is 1. The number of piperidine rings is 1. The van der Waals surface area contributed by atoms with Gasteiger partial charge in [0.15, 0.2) is 0 Å². The van der Waals surface area contributed by atoms with Crippen molar-refractivity contribution >= 4 is 11.7 Å². The number of halogens is 1. The lowest BCUT2D eigenvalue weighted by Crippen LogP contribution is -2.50. The second-order valence-corrected chi connectivity index (χ2v) is 8.09. The lowest BCUT2D eigenvalue weighted by atomic mass is 9.80. The van der Waals surface area contributed by atoms with Gasteiger partial charge in [0.2, 0.25) is 0 Å². The summed E-state index contributed by atoms with van der Waals surface area (Å²) < 4.78 is 15.4. The van der Waals surface area contributed by atoms with Crippen LogP contribution in [0.15, 0.2) is 71.5 Å². The average molecular weight is 403 g/mol. The maximum atomic E-state index is 13.5. The number of hydrogen-bond donors (Lipinski definition) is 1. The van der Waals surface area contributed by atoms with E-state index in [1.54, 1.807) is 23.1 Å². The van der Waals surface area contributed by atoms with Crippen molar-refractivity contribution in [1.29, 1.82) is 0 Å². The molecule has 2 aliphatic rings. The van der Waals surface area contributed by atoms with Crippen LogP contribution in [0.2, 0.25) is 0 Å². The van der Waals surface area contributed by atoms with E-state index in [0.717, 1.165) is 23.2 Å². The molecular formula is C24H22FN3O2. The van der Waals surface area contributed by atoms with Gasteiger partial charge in [0.1, 0.15) is 5.82 Å². The monoisotopic (exact) mass is 403 g/mol. The van der Waals surface area contributed by atoms with Gasteiger partial charge >= 0.3 is 6.03 Å². The van der Waals surface area contributed by atoms with Gasteiger partial charge in [0.05, 0.1) is 0 Å². The third-order valence-corrected chi connectivity index (χ3v) is 6.04. The molecule has 2 aliphatic heterocycles. The van der Waals surface area contributed by atoms with Crippen molar-refractivity contribution < 1.29 is 9.18 Å². The van der Waals surface area contributed by atoms with Gasteiger partial charge in [-0.25, -0.2) is 9.18 Å². The molecule has 0 saturated carbocycles. The largest absolute Gasteiger partial charge is 0.324 e. The van der Waals surface area contributed by atoms with Crippen LogP contribution in [0.1, 0.15) is 18.0 Å². The number of rotatable bonds is 2. The third kappa shape index (κ3) is 3.38. The van der Waals surface area contributed by atoms with E-state index >= 15 is 0 Å². The topological polar surface area (TPSA) is 54.3 Å². The molecule has 2 unspecified atom stereocenters. The Morgan fingerprint density at radius 2 is 1.80 bits per heavy atom. The highest BCUT2D eigenvalue weighted by atomic mass is 19.1. The minimum Gasteiger partial charge on any atom is -0.324 e. The molecule has 6 heteroatoms. The zero-order valence-electron chi connectivity index (χ0n) is 16.4. The summed E-state index contributed by atoms with van der Waals surface area (Å²) >= 11 is 0. The Morgan fingerprint density at radius 1 is 0.967 bits per heavy atom. The van der Waals surface area contributed by atoms with Crippen molar-refractivity contribution in [2.45, 2.75) is 18.9 Å². The first-order valence-corrected chi connectivity index (χ1v) is 10.2. The molecule has 0 radical (unpaired) electrons. The van der Waals surface area contributed by atoms with Crippen LogP contribution in [0.25, 0.3) is 11.1 Å². The highest BCUT2D eigenvalue weighted by Crippen LogP contribution is 2.39. The molecule has 5 rings (SSSR count). The van der Waals surface area contributed by atoms with E-state index in [9.17, 15) is 14.0 Å². The van der Waals surface area contributed by atoms with Crippen LogP contribution in [-0.2, 0) is 6.54 Å². The highest BCUT2D eigenvalue weighted by Gasteiger charge is 2.37. The molecule has 152 valence electrons. The molecule has 5 nitrogen and oxygen atoms in total. The van der Waals surface area contributed by atoms with E-state index < -0.39 is 0 Å². The molecule has 30 heavy (non-hydrogen) atoms. The second kappa shape index (κ2) is 7.44. The average Bonchev–Trinajstić information content (AvgIpc) is 2.75. The molecule has 1 aromatic heterocycles. The van der Waals surface area contributed by atoms with Crippen molar-refractivity contribution in [3.8, 4) is 11.1 Å². The minimum atomic E-state index is -0.385. The first-order valence-electron chi connectivity index (χ1n) is 10.2. The molecule has 2 atom stereocenters. The van der Waals surface area contributed by atoms with Gasteiger partial charge in [-0.15, -0.1) is 0 Å². The molecule has 0 spiro atoms. The van der Waals surface area contributed by atoms with E-state index in [-0.39, 0.29) is 29.2 Å². The Balaban J connectivity index is 1.46. The number of urea groups is 1. The number of fused-ring (bicyclic) bond motifs is 4. The van der Waals surface area contributed by atoms with E-state index in [1.807, 2.05) is 41.0 Å². The third-order valence-electron chi connectivity index (χ3n) is 6.04. The first-order chi connectivity index (χ1) is 14.6. The number of carbonyl (C=O) groups is 1. The number of amides is 2. The van der Waals surface area contributed by atoms with Gasteiger partial charge in [0.25, 0.3) is 5.56 Å². The molecule has 2 aromatic carbocycles. The van der Waals surface area contributed by atoms with Crippen LogP contribution in [0, 0.1) is 11.7 Å². The number of likely N-dealkylation sites (tertiary alicyclic amines) is 1. The number of hydrogen-bond acceptors (Lipinski definition) is 2. The van der Waals surface area contributed by atoms with Crippen molar-refractivity contribution in [3.05, 3.63) is 88.6 Å². The zero-order chi connectivity index (χ0) is 20.7. The van der Waals surface area contributed by atoms with Gasteiger partial charge in [-0.1, -0.05) is 36.4 Å². The quantitative estimate of drug-likeness (QED) is 0.693. The second-order valence-electron chi connectivity index (χ2n) is 8.09. The van der Waals surface area contributed by atoms with Crippen LogP contribution >= 0.6 is 0 Å². The molecule has 2 bridgehead atoms. The lowest BCUT2D eigenvalue weighted by Gasteiger charge is -2.43. The lowest BCUT2D eigenvalue weighted by molar-refractivity contribution is 0.140. The molecule has 3 aromatic rings. The van der Waals surface area contributed by atoms with Crippen molar-refractivity contribution in [2.75, 3.05) is 18.4 Å². The summed E-state index contributed by atoms with van der Waals surface area (Å²) in [6.45, 7) is 1.72. The molecule has 1 fully saturated rings. The molecule has 1 saturated heterocycles. The molecule has 3 heterocycles. The number of aromatic nitrogens is 1. The van der Waals surface area contributed by atoms with Crippen molar-refractivity contribution in [1.82, 2.24) is 9.47 Å². The van der Waals surface area contributed by atoms with Crippen LogP contribution in [0.3, 0.4) is 0 Å². The fraction of sp³-hybridized carbons (Fsp3) is 0.250. The summed E-state index contributed by atoms with van der Waals surface area (Å²) in [5.74, 6) is -0.0813. The van der Waals surface area contributed by atoms with E-state index in [2.05, 4.69) is 5.32 Å². The SMILES string of the molecule is O=C(Nc1cccc(F)c1)N1CC2CC(C1)c1c(-c3ccccc3)ccc(=O)n1C2. The normalized spacial score (nSPS) is 19.8. The highest BCUT2D eigenvalue weighted by molar-refractivity contribution is 5.89. The smallest absolute Gasteiger partial charge is 0.321 e. The molecule has 0 aliphatic carbocycles. The fourth-order valence-corrected chi connectivity index (χ4v) is 4.81. The Kier molecular flexibility index (Phi) is 4.62. The van der Waals surface area contributed by atoms with E-state index in [0.29, 0.717) is 25.3 Å². The Bertz CT molecular complexity index is 1160. The number of benzene rings is 2. The number of pyridine rings is 1. The van der Waals surface area contributed by atoms with Gasteiger partial charge in [-0.3, -0.25) is 4.79 Å². The Morgan fingerprint density at radius 3 is 2.60 bits per heavy atom. The summed E-state index contributed by atoms with van der Waals surface area (Å²) in [6.07, 6.45) is 0.951. The number of nitrogens with zero attached hydrogens (tertiary/aromatic N) is 2. The predicted octanol–water partition coefficient (Wildman–Crippen LogP) is 4.31. The van der Waals surface area contributed by atoms with Crippen LogP contribution in [-0.4, -0.2) is 28.6 Å². The summed E-state index contributed by atoms with van der Waals surface area (Å²) in [6, 6.07) is 19.3. The molecule has 2 amide bonds. The summed E-state index contributed by atoms with van der Waals surface area (Å²) in [5.41, 5.74) is 3.58. The molecular weight excluding hydrogens is 381 g/mol. The predicted molar refractivity (Wildman–Crippen MR) is 114 cm³/mol. The number of carbonyl (C=O) groups excluding carboxylic acids is 1. The number of nitrogens with one attached hydrogen (secondary N) is 1. The Labute approximate surface area is 173 Å². The maximum absolute atomic E-state index is 13.5. The van der Waals surface area contributed by atoms with E-state index in [1.165, 1.54) is 12.1 Å². The minimum absolute atomic E-state index is 0.0112. The summed E-state index contributed by atoms with van der Waals surface area (Å²) in [4.78, 5) is 27.3. The standard InChI is InChI=1S/C24H22FN3O2/c25-19-7-4-8-20(12-19)26-24(30)27-13-16-11-18(15-27)23-21(17-5-2-1-3-6-17)9-10-22(29)28(23)14-16/h1-10,12,16,18H,11,13-15H2,(H,26,30). The van der Waals surface area contributed by atoms with Crippen molar-refractivity contribution in [3.63, 3.8) is 0 Å². The van der Waals surface area contributed by atoms with Gasteiger partial charge in [0, 0.05) is 48.6 Å². The van der Waals surface area contributed by atoms with E-state index in [4.69, 9.17) is 0 Å². The van der Waals surface area contributed by atoms with Crippen LogP contribution in [0.4, 0.5) is 14.9 Å². The molecule has 1 N–H and O–H groups in total. The Hall–Kier alpha value is -3.41. The first kappa shape index (κ1) is 18.6.